The van der Waals surface area contributed by atoms with Crippen LogP contribution in [-0.2, 0) is 29.5 Å². The summed E-state index contributed by atoms with van der Waals surface area (Å²) >= 11 is 0. The van der Waals surface area contributed by atoms with Gasteiger partial charge in [-0.15, -0.1) is 0 Å². The molecule has 1 amide bonds. The summed E-state index contributed by atoms with van der Waals surface area (Å²) in [4.78, 5) is 26.6. The molecule has 0 fully saturated rings. The Morgan fingerprint density at radius 3 is 2.87 bits per heavy atom. The Labute approximate surface area is 134 Å². The summed E-state index contributed by atoms with van der Waals surface area (Å²) in [5, 5.41) is 4.09. The van der Waals surface area contributed by atoms with Gasteiger partial charge in [0, 0.05) is 38.8 Å². The highest BCUT2D eigenvalue weighted by Crippen LogP contribution is 2.29. The Bertz CT molecular complexity index is 768. The lowest BCUT2D eigenvalue weighted by molar-refractivity contribution is -0.150. The zero-order valence-electron chi connectivity index (χ0n) is 13.4. The van der Waals surface area contributed by atoms with Crippen LogP contribution in [0.5, 0.6) is 0 Å². The molecule has 1 aliphatic heterocycles. The summed E-state index contributed by atoms with van der Waals surface area (Å²) in [5.41, 5.74) is 1.12. The highest BCUT2D eigenvalue weighted by Gasteiger charge is 2.44. The molecular formula is C17H19N3O3. The molecule has 1 atom stereocenters. The van der Waals surface area contributed by atoms with E-state index in [1.807, 2.05) is 25.4 Å². The van der Waals surface area contributed by atoms with Crippen molar-refractivity contribution in [1.29, 1.82) is 0 Å². The topological polar surface area (TPSA) is 64.4 Å². The largest absolute Gasteiger partial charge is 0.445 e. The molecule has 0 N–H and O–H groups in total. The van der Waals surface area contributed by atoms with E-state index in [4.69, 9.17) is 4.74 Å². The summed E-state index contributed by atoms with van der Waals surface area (Å²) in [6, 6.07) is 7.24. The van der Waals surface area contributed by atoms with Crippen LogP contribution < -0.4 is 0 Å². The second kappa shape index (κ2) is 5.53. The Morgan fingerprint density at radius 1 is 1.43 bits per heavy atom. The van der Waals surface area contributed by atoms with Gasteiger partial charge in [0.1, 0.15) is 0 Å². The van der Waals surface area contributed by atoms with E-state index in [9.17, 15) is 9.59 Å². The van der Waals surface area contributed by atoms with E-state index in [1.165, 1.54) is 0 Å². The fourth-order valence-corrected chi connectivity index (χ4v) is 2.95. The number of carbonyl (C=O) groups excluding carboxylic acids is 2. The molecule has 1 aromatic heterocycles. The highest BCUT2D eigenvalue weighted by atomic mass is 16.6. The molecule has 0 saturated heterocycles. The van der Waals surface area contributed by atoms with Crippen molar-refractivity contribution in [1.82, 2.24) is 14.7 Å². The first-order valence-electron chi connectivity index (χ1n) is 7.43. The van der Waals surface area contributed by atoms with Crippen molar-refractivity contribution in [3.63, 3.8) is 0 Å². The Hall–Kier alpha value is -2.63. The van der Waals surface area contributed by atoms with E-state index in [1.54, 1.807) is 41.9 Å². The third-order valence-electron chi connectivity index (χ3n) is 4.06. The monoisotopic (exact) mass is 313 g/mol. The quantitative estimate of drug-likeness (QED) is 0.807. The number of aryl methyl sites for hydroxylation is 1. The van der Waals surface area contributed by atoms with Gasteiger partial charge in [-0.1, -0.05) is 18.2 Å². The first-order valence-corrected chi connectivity index (χ1v) is 7.43. The van der Waals surface area contributed by atoms with Crippen LogP contribution in [-0.4, -0.2) is 39.2 Å². The smallest absolute Gasteiger partial charge is 0.339 e. The van der Waals surface area contributed by atoms with Crippen molar-refractivity contribution < 1.29 is 14.3 Å². The normalized spacial score (nSPS) is 19.9. The number of hydrogen-bond donors (Lipinski definition) is 0. The van der Waals surface area contributed by atoms with E-state index >= 15 is 0 Å². The molecule has 1 aliphatic rings. The second-order valence-corrected chi connectivity index (χ2v) is 6.14. The lowest BCUT2D eigenvalue weighted by Gasteiger charge is -2.35. The maximum absolute atomic E-state index is 12.8. The molecule has 2 heterocycles. The van der Waals surface area contributed by atoms with Gasteiger partial charge in [-0.2, -0.15) is 5.10 Å². The maximum atomic E-state index is 12.8. The number of hydrogen-bond acceptors (Lipinski definition) is 4. The number of benzene rings is 1. The molecule has 2 aromatic rings. The lowest BCUT2D eigenvalue weighted by atomic mass is 9.89. The van der Waals surface area contributed by atoms with Crippen LogP contribution in [0.1, 0.15) is 28.4 Å². The summed E-state index contributed by atoms with van der Waals surface area (Å²) in [6.07, 6.45) is 3.95. The van der Waals surface area contributed by atoms with Crippen LogP contribution in [0.25, 0.3) is 0 Å². The number of fused-ring (bicyclic) bond motifs is 1. The number of esters is 1. The van der Waals surface area contributed by atoms with Crippen molar-refractivity contribution in [3.05, 3.63) is 53.3 Å². The van der Waals surface area contributed by atoms with Crippen LogP contribution in [0.15, 0.2) is 36.7 Å². The van der Waals surface area contributed by atoms with Gasteiger partial charge in [0.2, 0.25) is 0 Å². The molecule has 0 aliphatic carbocycles. The fraction of sp³-hybridized carbons (Fsp3) is 0.353. The maximum Gasteiger partial charge on any atom is 0.339 e. The van der Waals surface area contributed by atoms with E-state index in [-0.39, 0.29) is 5.91 Å². The van der Waals surface area contributed by atoms with Crippen LogP contribution in [0.2, 0.25) is 0 Å². The van der Waals surface area contributed by atoms with Gasteiger partial charge in [0.25, 0.3) is 5.91 Å². The molecule has 120 valence electrons. The van der Waals surface area contributed by atoms with Gasteiger partial charge >= 0.3 is 5.97 Å². The average molecular weight is 313 g/mol. The van der Waals surface area contributed by atoms with Crippen molar-refractivity contribution in [2.75, 3.05) is 7.05 Å². The number of amides is 1. The minimum Gasteiger partial charge on any atom is -0.445 e. The molecular weight excluding hydrogens is 294 g/mol. The van der Waals surface area contributed by atoms with Crippen molar-refractivity contribution in [3.8, 4) is 0 Å². The number of ether oxygens (including phenoxy) is 1. The van der Waals surface area contributed by atoms with Gasteiger partial charge in [-0.3, -0.25) is 9.48 Å². The minimum absolute atomic E-state index is 0.218. The lowest BCUT2D eigenvalue weighted by Crippen LogP contribution is -2.51. The summed E-state index contributed by atoms with van der Waals surface area (Å²) in [7, 11) is 3.53. The van der Waals surface area contributed by atoms with Gasteiger partial charge in [-0.25, -0.2) is 4.79 Å². The molecule has 0 bridgehead atoms. The Balaban J connectivity index is 1.80. The van der Waals surface area contributed by atoms with E-state index in [0.29, 0.717) is 18.5 Å². The third kappa shape index (κ3) is 2.84. The van der Waals surface area contributed by atoms with E-state index < -0.39 is 11.6 Å². The van der Waals surface area contributed by atoms with Crippen molar-refractivity contribution in [2.24, 2.45) is 7.05 Å². The molecule has 6 nitrogen and oxygen atoms in total. The fourth-order valence-electron chi connectivity index (χ4n) is 2.95. The number of rotatable bonds is 3. The highest BCUT2D eigenvalue weighted by molar-refractivity contribution is 5.97. The summed E-state index contributed by atoms with van der Waals surface area (Å²) < 4.78 is 7.16. The van der Waals surface area contributed by atoms with Crippen LogP contribution in [0, 0.1) is 0 Å². The first-order chi connectivity index (χ1) is 10.9. The number of nitrogens with zero attached hydrogens (tertiary/aromatic N) is 3. The predicted octanol–water partition coefficient (Wildman–Crippen LogP) is 1.55. The number of carbonyl (C=O) groups is 2. The molecule has 23 heavy (non-hydrogen) atoms. The number of aromatic nitrogens is 2. The standard InChI is InChI=1S/C17H19N3O3/c1-17(8-13-6-4-5-7-14(13)15(21)23-17)16(22)19(2)10-12-9-18-20(3)11-12/h4-7,9,11H,8,10H2,1-3H3. The number of likely N-dealkylation sites (N-methyl/N-ethyl adjacent to an activating group) is 1. The molecule has 1 aromatic carbocycles. The third-order valence-corrected chi connectivity index (χ3v) is 4.06. The molecule has 1 unspecified atom stereocenters. The first kappa shape index (κ1) is 15.3. The predicted molar refractivity (Wildman–Crippen MR) is 83.6 cm³/mol. The second-order valence-electron chi connectivity index (χ2n) is 6.14. The van der Waals surface area contributed by atoms with Crippen LogP contribution in [0.3, 0.4) is 0 Å². The van der Waals surface area contributed by atoms with Crippen LogP contribution >= 0.6 is 0 Å². The Kier molecular flexibility index (Phi) is 3.67. The van der Waals surface area contributed by atoms with E-state index in [0.717, 1.165) is 11.1 Å². The molecule has 6 heteroatoms. The zero-order valence-corrected chi connectivity index (χ0v) is 13.4. The molecule has 0 radical (unpaired) electrons. The van der Waals surface area contributed by atoms with Gasteiger partial charge in [0.15, 0.2) is 5.60 Å². The summed E-state index contributed by atoms with van der Waals surface area (Å²) in [5.74, 6) is -0.665. The van der Waals surface area contributed by atoms with Crippen molar-refractivity contribution in [2.45, 2.75) is 25.5 Å². The summed E-state index contributed by atoms with van der Waals surface area (Å²) in [6.45, 7) is 2.09. The van der Waals surface area contributed by atoms with E-state index in [2.05, 4.69) is 5.10 Å². The van der Waals surface area contributed by atoms with Gasteiger partial charge < -0.3 is 9.64 Å². The minimum atomic E-state index is -1.18. The average Bonchev–Trinajstić information content (AvgIpc) is 2.91. The van der Waals surface area contributed by atoms with Crippen molar-refractivity contribution >= 4 is 11.9 Å². The molecule has 0 spiro atoms. The Morgan fingerprint density at radius 2 is 2.17 bits per heavy atom. The SMILES string of the molecule is CN(Cc1cnn(C)c1)C(=O)C1(C)Cc2ccccc2C(=O)O1. The number of cyclic esters (lactones) is 1. The molecule has 0 saturated carbocycles. The molecule has 3 rings (SSSR count). The van der Waals surface area contributed by atoms with Gasteiger partial charge in [0.05, 0.1) is 11.8 Å². The van der Waals surface area contributed by atoms with Gasteiger partial charge in [-0.05, 0) is 18.6 Å². The zero-order chi connectivity index (χ0) is 16.6. The van der Waals surface area contributed by atoms with Crippen LogP contribution in [0.4, 0.5) is 0 Å².